The second-order valence-corrected chi connectivity index (χ2v) is 6.89. The number of carbonyl (C=O) groups excluding carboxylic acids is 1. The molecule has 1 amide bonds. The molecule has 1 aromatic heterocycles. The monoisotopic (exact) mass is 358 g/mol. The minimum absolute atomic E-state index is 0.0468. The van der Waals surface area contributed by atoms with Crippen molar-refractivity contribution in [1.29, 1.82) is 0 Å². The van der Waals surface area contributed by atoms with Crippen LogP contribution in [-0.2, 0) is 11.8 Å². The summed E-state index contributed by atoms with van der Waals surface area (Å²) in [7, 11) is 5.60. The molecule has 6 heteroatoms. The molecule has 0 bridgehead atoms. The molecule has 1 atom stereocenters. The third-order valence-corrected chi connectivity index (χ3v) is 4.93. The summed E-state index contributed by atoms with van der Waals surface area (Å²) in [6.07, 6.45) is 1.81. The number of benzene rings is 1. The molecule has 0 saturated heterocycles. The zero-order chi connectivity index (χ0) is 19.4. The standard InChI is InChI=1S/C20H30N4O2/c1-7-8-14-23(19(25)16(3)21(4)5)18-15(2)22(6)24(20(18)26)17-12-10-9-11-13-17/h9-13,16H,7-8,14H2,1-6H3. The van der Waals surface area contributed by atoms with Crippen LogP contribution in [0.4, 0.5) is 5.69 Å². The third kappa shape index (κ3) is 3.75. The van der Waals surface area contributed by atoms with Gasteiger partial charge in [0, 0.05) is 13.6 Å². The number of rotatable bonds is 7. The van der Waals surface area contributed by atoms with Crippen LogP contribution in [-0.4, -0.2) is 46.9 Å². The van der Waals surface area contributed by atoms with Gasteiger partial charge in [-0.1, -0.05) is 31.5 Å². The number of hydrogen-bond acceptors (Lipinski definition) is 3. The Hall–Kier alpha value is -2.34. The highest BCUT2D eigenvalue weighted by atomic mass is 16.2. The fourth-order valence-electron chi connectivity index (χ4n) is 2.96. The van der Waals surface area contributed by atoms with E-state index in [0.717, 1.165) is 24.2 Å². The van der Waals surface area contributed by atoms with E-state index in [-0.39, 0.29) is 17.5 Å². The van der Waals surface area contributed by atoms with Gasteiger partial charge in [-0.3, -0.25) is 19.2 Å². The summed E-state index contributed by atoms with van der Waals surface area (Å²) in [4.78, 5) is 29.9. The molecule has 26 heavy (non-hydrogen) atoms. The van der Waals surface area contributed by atoms with Gasteiger partial charge in [-0.15, -0.1) is 0 Å². The van der Waals surface area contributed by atoms with Gasteiger partial charge >= 0.3 is 0 Å². The molecular formula is C20H30N4O2. The summed E-state index contributed by atoms with van der Waals surface area (Å²) >= 11 is 0. The molecule has 2 rings (SSSR count). The van der Waals surface area contributed by atoms with Gasteiger partial charge in [-0.05, 0) is 46.5 Å². The van der Waals surface area contributed by atoms with E-state index in [1.54, 1.807) is 9.58 Å². The molecule has 0 saturated carbocycles. The van der Waals surface area contributed by atoms with Crippen molar-refractivity contribution >= 4 is 11.6 Å². The molecule has 0 aliphatic carbocycles. The minimum atomic E-state index is -0.295. The van der Waals surface area contributed by atoms with Crippen LogP contribution < -0.4 is 10.5 Å². The van der Waals surface area contributed by atoms with Gasteiger partial charge in [0.1, 0.15) is 5.69 Å². The number of aromatic nitrogens is 2. The first-order chi connectivity index (χ1) is 12.3. The van der Waals surface area contributed by atoms with E-state index >= 15 is 0 Å². The Labute approximate surface area is 155 Å². The third-order valence-electron chi connectivity index (χ3n) is 4.93. The topological polar surface area (TPSA) is 50.5 Å². The molecule has 0 fully saturated rings. The Morgan fingerprint density at radius 1 is 1.19 bits per heavy atom. The van der Waals surface area contributed by atoms with Crippen LogP contribution in [0.15, 0.2) is 35.1 Å². The first-order valence-corrected chi connectivity index (χ1v) is 9.13. The fourth-order valence-corrected chi connectivity index (χ4v) is 2.96. The summed E-state index contributed by atoms with van der Waals surface area (Å²) in [5.41, 5.74) is 1.89. The first kappa shape index (κ1) is 20.0. The average molecular weight is 358 g/mol. The molecule has 142 valence electrons. The number of likely N-dealkylation sites (N-methyl/N-ethyl adjacent to an activating group) is 1. The number of anilines is 1. The van der Waals surface area contributed by atoms with Gasteiger partial charge in [-0.25, -0.2) is 4.68 Å². The van der Waals surface area contributed by atoms with Crippen molar-refractivity contribution in [3.63, 3.8) is 0 Å². The van der Waals surface area contributed by atoms with Crippen molar-refractivity contribution in [3.05, 3.63) is 46.4 Å². The van der Waals surface area contributed by atoms with E-state index in [2.05, 4.69) is 6.92 Å². The Morgan fingerprint density at radius 2 is 1.81 bits per heavy atom. The lowest BCUT2D eigenvalue weighted by molar-refractivity contribution is -0.122. The van der Waals surface area contributed by atoms with Gasteiger partial charge < -0.3 is 4.90 Å². The van der Waals surface area contributed by atoms with Gasteiger partial charge in [-0.2, -0.15) is 0 Å². The summed E-state index contributed by atoms with van der Waals surface area (Å²) in [6.45, 7) is 6.39. The van der Waals surface area contributed by atoms with E-state index in [9.17, 15) is 9.59 Å². The quantitative estimate of drug-likeness (QED) is 0.764. The van der Waals surface area contributed by atoms with Crippen LogP contribution >= 0.6 is 0 Å². The van der Waals surface area contributed by atoms with Crippen molar-refractivity contribution in [3.8, 4) is 5.69 Å². The number of unbranched alkanes of at least 4 members (excludes halogenated alkanes) is 1. The molecule has 2 aromatic rings. The van der Waals surface area contributed by atoms with E-state index in [1.807, 2.05) is 74.9 Å². The highest BCUT2D eigenvalue weighted by molar-refractivity contribution is 5.97. The second kappa shape index (κ2) is 8.36. The normalized spacial score (nSPS) is 12.4. The Kier molecular flexibility index (Phi) is 6.42. The van der Waals surface area contributed by atoms with Crippen molar-refractivity contribution in [2.24, 2.45) is 7.05 Å². The molecule has 1 heterocycles. The fraction of sp³-hybridized carbons (Fsp3) is 0.500. The summed E-state index contributed by atoms with van der Waals surface area (Å²) < 4.78 is 3.44. The maximum atomic E-state index is 13.2. The Balaban J connectivity index is 2.59. The van der Waals surface area contributed by atoms with Crippen molar-refractivity contribution in [2.45, 2.75) is 39.7 Å². The number of amides is 1. The van der Waals surface area contributed by atoms with E-state index in [4.69, 9.17) is 0 Å². The Morgan fingerprint density at radius 3 is 2.35 bits per heavy atom. The SMILES string of the molecule is CCCCN(C(=O)C(C)N(C)C)c1c(C)n(C)n(-c2ccccc2)c1=O. The molecule has 0 aliphatic heterocycles. The van der Waals surface area contributed by atoms with Gasteiger partial charge in [0.25, 0.3) is 5.56 Å². The highest BCUT2D eigenvalue weighted by Crippen LogP contribution is 2.20. The lowest BCUT2D eigenvalue weighted by Crippen LogP contribution is -2.46. The average Bonchev–Trinajstić information content (AvgIpc) is 2.85. The molecule has 0 radical (unpaired) electrons. The summed E-state index contributed by atoms with van der Waals surface area (Å²) in [5, 5.41) is 0. The molecular weight excluding hydrogens is 328 g/mol. The number of carbonyl (C=O) groups is 1. The maximum Gasteiger partial charge on any atom is 0.295 e. The predicted molar refractivity (Wildman–Crippen MR) is 106 cm³/mol. The summed E-state index contributed by atoms with van der Waals surface area (Å²) in [6, 6.07) is 9.21. The van der Waals surface area contributed by atoms with Crippen LogP contribution in [0.2, 0.25) is 0 Å². The summed E-state index contributed by atoms with van der Waals surface area (Å²) in [5.74, 6) is -0.0468. The van der Waals surface area contributed by atoms with Gasteiger partial charge in [0.2, 0.25) is 5.91 Å². The molecule has 6 nitrogen and oxygen atoms in total. The van der Waals surface area contributed by atoms with Gasteiger partial charge in [0.15, 0.2) is 0 Å². The van der Waals surface area contributed by atoms with E-state index in [1.165, 1.54) is 0 Å². The molecule has 0 N–H and O–H groups in total. The first-order valence-electron chi connectivity index (χ1n) is 9.13. The number of hydrogen-bond donors (Lipinski definition) is 0. The lowest BCUT2D eigenvalue weighted by atomic mass is 10.2. The van der Waals surface area contributed by atoms with Crippen molar-refractivity contribution in [2.75, 3.05) is 25.5 Å². The van der Waals surface area contributed by atoms with Crippen LogP contribution in [0.25, 0.3) is 5.69 Å². The second-order valence-electron chi connectivity index (χ2n) is 6.89. The van der Waals surface area contributed by atoms with E-state index in [0.29, 0.717) is 12.2 Å². The van der Waals surface area contributed by atoms with Crippen molar-refractivity contribution < 1.29 is 4.79 Å². The van der Waals surface area contributed by atoms with E-state index < -0.39 is 0 Å². The molecule has 1 unspecified atom stereocenters. The molecule has 1 aromatic carbocycles. The zero-order valence-electron chi connectivity index (χ0n) is 16.7. The van der Waals surface area contributed by atoms with Crippen molar-refractivity contribution in [1.82, 2.24) is 14.3 Å². The van der Waals surface area contributed by atoms with Crippen LogP contribution in [0.5, 0.6) is 0 Å². The minimum Gasteiger partial charge on any atom is -0.305 e. The highest BCUT2D eigenvalue weighted by Gasteiger charge is 2.29. The van der Waals surface area contributed by atoms with Crippen LogP contribution in [0.3, 0.4) is 0 Å². The number of para-hydroxylation sites is 1. The van der Waals surface area contributed by atoms with Gasteiger partial charge in [0.05, 0.1) is 17.4 Å². The smallest absolute Gasteiger partial charge is 0.295 e. The molecule has 0 aliphatic rings. The predicted octanol–water partition coefficient (Wildman–Crippen LogP) is 2.57. The zero-order valence-corrected chi connectivity index (χ0v) is 16.7. The largest absolute Gasteiger partial charge is 0.305 e. The van der Waals surface area contributed by atoms with Crippen LogP contribution in [0, 0.1) is 6.92 Å². The maximum absolute atomic E-state index is 13.2. The van der Waals surface area contributed by atoms with Crippen LogP contribution in [0.1, 0.15) is 32.4 Å². The number of nitrogens with zero attached hydrogens (tertiary/aromatic N) is 4. The Bertz CT molecular complexity index is 805. The lowest BCUT2D eigenvalue weighted by Gasteiger charge is -2.28. The molecule has 0 spiro atoms.